The van der Waals surface area contributed by atoms with Crippen LogP contribution in [0.15, 0.2) is 71.6 Å². The van der Waals surface area contributed by atoms with Gasteiger partial charge in [-0.2, -0.15) is 0 Å². The van der Waals surface area contributed by atoms with E-state index in [1.54, 1.807) is 24.9 Å². The molecule has 0 saturated carbocycles. The monoisotopic (exact) mass is 361 g/mol. The van der Waals surface area contributed by atoms with Crippen LogP contribution in [0, 0.1) is 0 Å². The van der Waals surface area contributed by atoms with Crippen LogP contribution in [0.3, 0.4) is 0 Å². The Morgan fingerprint density at radius 3 is 2.42 bits per heavy atom. The lowest BCUT2D eigenvalue weighted by atomic mass is 9.77. The maximum absolute atomic E-state index is 12.9. The molecule has 1 atom stereocenters. The van der Waals surface area contributed by atoms with Crippen LogP contribution in [0.25, 0.3) is 10.8 Å². The lowest BCUT2D eigenvalue weighted by Gasteiger charge is -2.38. The molecule has 3 aromatic rings. The van der Waals surface area contributed by atoms with E-state index in [9.17, 15) is 9.59 Å². The van der Waals surface area contributed by atoms with Crippen LogP contribution >= 0.6 is 11.8 Å². The van der Waals surface area contributed by atoms with Gasteiger partial charge in [0, 0.05) is 23.3 Å². The number of carbonyl (C=O) groups excluding carboxylic acids is 2. The third kappa shape index (κ3) is 2.61. The molecule has 130 valence electrons. The van der Waals surface area contributed by atoms with Crippen molar-refractivity contribution in [3.63, 3.8) is 0 Å². The predicted octanol–water partition coefficient (Wildman–Crippen LogP) is 4.50. The summed E-state index contributed by atoms with van der Waals surface area (Å²) in [6.45, 7) is 1.94. The van der Waals surface area contributed by atoms with Crippen LogP contribution in [-0.2, 0) is 10.2 Å². The number of benzene rings is 3. The molecule has 26 heavy (non-hydrogen) atoms. The minimum Gasteiger partial charge on any atom is -0.281 e. The normalized spacial score (nSPS) is 19.7. The molecular weight excluding hydrogens is 342 g/mol. The highest BCUT2D eigenvalue weighted by Crippen LogP contribution is 2.39. The topological polar surface area (TPSA) is 37.4 Å². The Balaban J connectivity index is 1.68. The summed E-state index contributed by atoms with van der Waals surface area (Å²) in [6.07, 6.45) is 0. The largest absolute Gasteiger partial charge is 0.281 e. The first-order chi connectivity index (χ1) is 12.5. The molecule has 3 nitrogen and oxygen atoms in total. The molecule has 0 N–H and O–H groups in total. The van der Waals surface area contributed by atoms with Gasteiger partial charge in [0.25, 0.3) is 5.91 Å². The lowest BCUT2D eigenvalue weighted by Crippen LogP contribution is -2.52. The van der Waals surface area contributed by atoms with E-state index in [4.69, 9.17) is 0 Å². The van der Waals surface area contributed by atoms with Crippen molar-refractivity contribution in [1.82, 2.24) is 4.90 Å². The molecule has 1 unspecified atom stereocenters. The minimum absolute atomic E-state index is 0.144. The molecule has 0 radical (unpaired) electrons. The lowest BCUT2D eigenvalue weighted by molar-refractivity contribution is -0.132. The third-order valence-corrected chi connectivity index (χ3v) is 6.39. The number of imide groups is 1. The molecule has 1 aliphatic rings. The second-order valence-electron chi connectivity index (χ2n) is 6.84. The highest BCUT2D eigenvalue weighted by molar-refractivity contribution is 7.99. The van der Waals surface area contributed by atoms with Gasteiger partial charge in [0.15, 0.2) is 0 Å². The first-order valence-electron chi connectivity index (χ1n) is 8.54. The Bertz CT molecular complexity index is 1030. The average Bonchev–Trinajstić information content (AvgIpc) is 2.69. The van der Waals surface area contributed by atoms with Gasteiger partial charge >= 0.3 is 0 Å². The second-order valence-corrected chi connectivity index (χ2v) is 7.89. The molecule has 0 saturated heterocycles. The first-order valence-corrected chi connectivity index (χ1v) is 9.53. The predicted molar refractivity (Wildman–Crippen MR) is 106 cm³/mol. The van der Waals surface area contributed by atoms with Gasteiger partial charge in [-0.1, -0.05) is 48.5 Å². The van der Waals surface area contributed by atoms with Gasteiger partial charge in [-0.3, -0.25) is 14.5 Å². The molecule has 0 aliphatic carbocycles. The van der Waals surface area contributed by atoms with Crippen molar-refractivity contribution in [2.75, 3.05) is 12.8 Å². The number of thioether (sulfide) groups is 1. The fourth-order valence-electron chi connectivity index (χ4n) is 3.53. The van der Waals surface area contributed by atoms with E-state index in [2.05, 4.69) is 30.3 Å². The summed E-state index contributed by atoms with van der Waals surface area (Å²) in [5.41, 5.74) is 0.716. The number of likely N-dealkylation sites (N-methyl/N-ethyl adjacent to an activating group) is 1. The fourth-order valence-corrected chi connectivity index (χ4v) is 4.64. The molecule has 4 rings (SSSR count). The summed E-state index contributed by atoms with van der Waals surface area (Å²) in [7, 11) is 1.57. The summed E-state index contributed by atoms with van der Waals surface area (Å²) in [6, 6.07) is 22.0. The third-order valence-electron chi connectivity index (χ3n) is 5.08. The van der Waals surface area contributed by atoms with Gasteiger partial charge in [-0.15, -0.1) is 11.8 Å². The summed E-state index contributed by atoms with van der Waals surface area (Å²) in [4.78, 5) is 27.8. The smallest absolute Gasteiger partial charge is 0.260 e. The average molecular weight is 361 g/mol. The van der Waals surface area contributed by atoms with Crippen molar-refractivity contribution in [3.05, 3.63) is 77.9 Å². The molecule has 2 amide bonds. The molecule has 4 heteroatoms. The molecule has 3 aromatic carbocycles. The Kier molecular flexibility index (Phi) is 4.08. The van der Waals surface area contributed by atoms with Gasteiger partial charge in [0.2, 0.25) is 5.91 Å². The van der Waals surface area contributed by atoms with E-state index in [-0.39, 0.29) is 11.8 Å². The molecule has 0 spiro atoms. The van der Waals surface area contributed by atoms with Crippen LogP contribution in [0.1, 0.15) is 22.8 Å². The first kappa shape index (κ1) is 16.9. The van der Waals surface area contributed by atoms with Crippen molar-refractivity contribution in [2.45, 2.75) is 17.2 Å². The van der Waals surface area contributed by atoms with Crippen molar-refractivity contribution in [2.24, 2.45) is 0 Å². The number of fused-ring (bicyclic) bond motifs is 2. The Morgan fingerprint density at radius 2 is 1.62 bits per heavy atom. The molecule has 0 fully saturated rings. The standard InChI is InChI=1S/C22H19NO2S/c1-22(14-26-17-12-11-15-7-3-4-8-16(15)13-17)19-10-6-5-9-18(19)20(24)23(2)21(22)25/h3-13H,14H2,1-2H3. The van der Waals surface area contributed by atoms with Crippen LogP contribution in [-0.4, -0.2) is 29.5 Å². The highest BCUT2D eigenvalue weighted by Gasteiger charge is 2.45. The SMILES string of the molecule is CN1C(=O)c2ccccc2C(C)(CSc2ccc3ccccc3c2)C1=O. The van der Waals surface area contributed by atoms with E-state index in [1.165, 1.54) is 15.7 Å². The summed E-state index contributed by atoms with van der Waals surface area (Å²) < 4.78 is 0. The second kappa shape index (κ2) is 6.29. The Morgan fingerprint density at radius 1 is 0.923 bits per heavy atom. The van der Waals surface area contributed by atoms with Gasteiger partial charge in [0.05, 0.1) is 5.41 Å². The Labute approximate surface area is 157 Å². The number of rotatable bonds is 3. The number of amides is 2. The van der Waals surface area contributed by atoms with E-state index in [0.717, 1.165) is 10.5 Å². The van der Waals surface area contributed by atoms with Crippen LogP contribution < -0.4 is 0 Å². The van der Waals surface area contributed by atoms with Crippen LogP contribution in [0.4, 0.5) is 0 Å². The zero-order valence-corrected chi connectivity index (χ0v) is 15.5. The van der Waals surface area contributed by atoms with Crippen molar-refractivity contribution >= 4 is 34.3 Å². The number of hydrogen-bond donors (Lipinski definition) is 0. The fraction of sp³-hybridized carbons (Fsp3) is 0.182. The van der Waals surface area contributed by atoms with Gasteiger partial charge in [0.1, 0.15) is 0 Å². The molecule has 0 bridgehead atoms. The highest BCUT2D eigenvalue weighted by atomic mass is 32.2. The summed E-state index contributed by atoms with van der Waals surface area (Å²) in [5, 5.41) is 2.39. The van der Waals surface area contributed by atoms with E-state index in [0.29, 0.717) is 11.3 Å². The van der Waals surface area contributed by atoms with Gasteiger partial charge < -0.3 is 0 Å². The molecular formula is C22H19NO2S. The maximum Gasteiger partial charge on any atom is 0.260 e. The molecule has 1 aliphatic heterocycles. The molecule has 1 heterocycles. The quantitative estimate of drug-likeness (QED) is 0.509. The van der Waals surface area contributed by atoms with Crippen LogP contribution in [0.5, 0.6) is 0 Å². The van der Waals surface area contributed by atoms with Crippen molar-refractivity contribution in [1.29, 1.82) is 0 Å². The maximum atomic E-state index is 12.9. The van der Waals surface area contributed by atoms with Crippen molar-refractivity contribution < 1.29 is 9.59 Å². The minimum atomic E-state index is -0.727. The Hall–Kier alpha value is -2.59. The van der Waals surface area contributed by atoms with Gasteiger partial charge in [-0.25, -0.2) is 0 Å². The van der Waals surface area contributed by atoms with Crippen molar-refractivity contribution in [3.8, 4) is 0 Å². The number of nitrogens with zero attached hydrogens (tertiary/aromatic N) is 1. The van der Waals surface area contributed by atoms with E-state index in [1.807, 2.05) is 37.3 Å². The zero-order chi connectivity index (χ0) is 18.3. The van der Waals surface area contributed by atoms with E-state index < -0.39 is 5.41 Å². The zero-order valence-electron chi connectivity index (χ0n) is 14.7. The number of hydrogen-bond acceptors (Lipinski definition) is 3. The summed E-state index contributed by atoms with van der Waals surface area (Å²) in [5.74, 6) is 0.215. The van der Waals surface area contributed by atoms with E-state index >= 15 is 0 Å². The van der Waals surface area contributed by atoms with Crippen LogP contribution in [0.2, 0.25) is 0 Å². The molecule has 0 aromatic heterocycles. The van der Waals surface area contributed by atoms with Gasteiger partial charge in [-0.05, 0) is 41.5 Å². The number of carbonyl (C=O) groups is 2. The summed E-state index contributed by atoms with van der Waals surface area (Å²) >= 11 is 1.65.